The monoisotopic (exact) mass is 302 g/mol. The molecule has 0 atom stereocenters. The molecule has 0 unspecified atom stereocenters. The summed E-state index contributed by atoms with van der Waals surface area (Å²) in [4.78, 5) is 4.87. The Morgan fingerprint density at radius 2 is 2.00 bits per heavy atom. The molecule has 4 heteroatoms. The first kappa shape index (κ1) is 14.5. The predicted octanol–water partition coefficient (Wildman–Crippen LogP) is 4.59. The third-order valence-corrected chi connectivity index (χ3v) is 5.24. The average molecular weight is 302 g/mol. The maximum absolute atomic E-state index is 6.15. The number of aromatic nitrogens is 1. The fourth-order valence-corrected chi connectivity index (χ4v) is 4.19. The number of nitrogen functional groups attached to an aromatic ring is 1. The fourth-order valence-electron chi connectivity index (χ4n) is 3.16. The van der Waals surface area contributed by atoms with Crippen LogP contribution in [0.15, 0.2) is 29.6 Å². The molecule has 1 aliphatic rings. The van der Waals surface area contributed by atoms with Crippen molar-refractivity contribution in [1.82, 2.24) is 4.98 Å². The Morgan fingerprint density at radius 1 is 1.24 bits per heavy atom. The molecule has 1 aliphatic carbocycles. The zero-order chi connectivity index (χ0) is 14.7. The van der Waals surface area contributed by atoms with Gasteiger partial charge in [0.2, 0.25) is 0 Å². The molecule has 21 heavy (non-hydrogen) atoms. The first-order valence-corrected chi connectivity index (χ1v) is 8.58. The quantitative estimate of drug-likeness (QED) is 0.840. The molecule has 0 bridgehead atoms. The van der Waals surface area contributed by atoms with Gasteiger partial charge in [0.25, 0.3) is 0 Å². The van der Waals surface area contributed by atoms with Gasteiger partial charge in [0.1, 0.15) is 10.6 Å². The highest BCUT2D eigenvalue weighted by molar-refractivity contribution is 7.10. The summed E-state index contributed by atoms with van der Waals surface area (Å²) in [6, 6.07) is 7.91. The van der Waals surface area contributed by atoms with Crippen molar-refractivity contribution in [2.24, 2.45) is 0 Å². The van der Waals surface area contributed by atoms with Crippen molar-refractivity contribution < 1.29 is 4.74 Å². The molecule has 0 radical (unpaired) electrons. The summed E-state index contributed by atoms with van der Waals surface area (Å²) in [6.45, 7) is 2.81. The molecular weight excluding hydrogens is 280 g/mol. The number of hydrogen-bond donors (Lipinski definition) is 1. The summed E-state index contributed by atoms with van der Waals surface area (Å²) in [5.74, 6) is 0. The van der Waals surface area contributed by atoms with Crippen LogP contribution in [0.5, 0.6) is 0 Å². The molecule has 3 rings (SSSR count). The Bertz CT molecular complexity index is 597. The van der Waals surface area contributed by atoms with E-state index in [0.717, 1.165) is 41.4 Å². The van der Waals surface area contributed by atoms with Gasteiger partial charge in [-0.05, 0) is 25.8 Å². The van der Waals surface area contributed by atoms with Crippen LogP contribution in [0, 0.1) is 0 Å². The number of thiazole rings is 1. The van der Waals surface area contributed by atoms with Crippen molar-refractivity contribution in [3.8, 4) is 11.3 Å². The largest absolute Gasteiger partial charge is 0.398 e. The molecule has 1 saturated carbocycles. The molecule has 2 N–H and O–H groups in total. The minimum atomic E-state index is -0.167. The number of benzene rings is 1. The van der Waals surface area contributed by atoms with E-state index in [2.05, 4.69) is 12.3 Å². The molecule has 1 aromatic heterocycles. The smallest absolute Gasteiger partial charge is 0.125 e. The van der Waals surface area contributed by atoms with Crippen molar-refractivity contribution in [2.45, 2.75) is 44.6 Å². The summed E-state index contributed by atoms with van der Waals surface area (Å²) < 4.78 is 6.15. The van der Waals surface area contributed by atoms with Crippen LogP contribution < -0.4 is 5.73 Å². The van der Waals surface area contributed by atoms with Crippen LogP contribution in [-0.4, -0.2) is 11.6 Å². The summed E-state index contributed by atoms with van der Waals surface area (Å²) in [6.07, 6.45) is 5.92. The highest BCUT2D eigenvalue weighted by Crippen LogP contribution is 2.43. The van der Waals surface area contributed by atoms with E-state index in [4.69, 9.17) is 15.5 Å². The van der Waals surface area contributed by atoms with E-state index in [1.54, 1.807) is 11.3 Å². The maximum Gasteiger partial charge on any atom is 0.125 e. The molecule has 112 valence electrons. The third-order valence-electron chi connectivity index (χ3n) is 4.21. The molecule has 1 aromatic carbocycles. The van der Waals surface area contributed by atoms with E-state index in [0.29, 0.717) is 0 Å². The zero-order valence-electron chi connectivity index (χ0n) is 12.5. The molecule has 2 aromatic rings. The number of rotatable bonds is 4. The topological polar surface area (TPSA) is 48.1 Å². The predicted molar refractivity (Wildman–Crippen MR) is 88.4 cm³/mol. The van der Waals surface area contributed by atoms with E-state index < -0.39 is 0 Å². The van der Waals surface area contributed by atoms with Crippen LogP contribution in [0.3, 0.4) is 0 Å². The van der Waals surface area contributed by atoms with Gasteiger partial charge in [-0.25, -0.2) is 4.98 Å². The van der Waals surface area contributed by atoms with Crippen LogP contribution >= 0.6 is 11.3 Å². The number of anilines is 1. The van der Waals surface area contributed by atoms with Crippen molar-refractivity contribution >= 4 is 17.0 Å². The summed E-state index contributed by atoms with van der Waals surface area (Å²) in [5.41, 5.74) is 8.67. The van der Waals surface area contributed by atoms with Gasteiger partial charge < -0.3 is 10.5 Å². The molecule has 1 fully saturated rings. The number of nitrogens with two attached hydrogens (primary N) is 1. The van der Waals surface area contributed by atoms with Crippen molar-refractivity contribution in [3.05, 3.63) is 34.7 Å². The van der Waals surface area contributed by atoms with E-state index in [-0.39, 0.29) is 5.60 Å². The molecule has 0 saturated heterocycles. The summed E-state index contributed by atoms with van der Waals surface area (Å²) in [7, 11) is 0. The van der Waals surface area contributed by atoms with Crippen LogP contribution in [-0.2, 0) is 10.3 Å². The Hall–Kier alpha value is -1.39. The van der Waals surface area contributed by atoms with Crippen LogP contribution in [0.25, 0.3) is 11.3 Å². The lowest BCUT2D eigenvalue weighted by Crippen LogP contribution is -2.32. The van der Waals surface area contributed by atoms with Gasteiger partial charge >= 0.3 is 0 Å². The highest BCUT2D eigenvalue weighted by Gasteiger charge is 2.37. The molecule has 0 spiro atoms. The lowest BCUT2D eigenvalue weighted by molar-refractivity contribution is -0.0703. The molecular formula is C17H22N2OS. The van der Waals surface area contributed by atoms with Crippen LogP contribution in [0.2, 0.25) is 0 Å². The lowest BCUT2D eigenvalue weighted by atomic mass is 9.85. The molecule has 0 aliphatic heterocycles. The minimum Gasteiger partial charge on any atom is -0.398 e. The van der Waals surface area contributed by atoms with E-state index in [9.17, 15) is 0 Å². The second-order valence-corrected chi connectivity index (χ2v) is 6.47. The van der Waals surface area contributed by atoms with Gasteiger partial charge in [0, 0.05) is 23.2 Å². The van der Waals surface area contributed by atoms with E-state index >= 15 is 0 Å². The standard InChI is InChI=1S/C17H22N2OS/c1-2-20-17(10-6-3-7-11-17)16-19-15(12-21-16)13-8-4-5-9-14(13)18/h4-5,8-9,12H,2-3,6-7,10-11,18H2,1H3. The van der Waals surface area contributed by atoms with Gasteiger partial charge in [-0.15, -0.1) is 11.3 Å². The Morgan fingerprint density at radius 3 is 2.71 bits per heavy atom. The number of ether oxygens (including phenoxy) is 1. The fraction of sp³-hybridized carbons (Fsp3) is 0.471. The summed E-state index contributed by atoms with van der Waals surface area (Å²) in [5, 5.41) is 3.22. The van der Waals surface area contributed by atoms with Crippen molar-refractivity contribution in [2.75, 3.05) is 12.3 Å². The van der Waals surface area contributed by atoms with Crippen molar-refractivity contribution in [1.29, 1.82) is 0 Å². The molecule has 0 amide bonds. The normalized spacial score (nSPS) is 17.8. The first-order chi connectivity index (χ1) is 10.2. The molecule has 3 nitrogen and oxygen atoms in total. The van der Waals surface area contributed by atoms with E-state index in [1.165, 1.54) is 19.3 Å². The van der Waals surface area contributed by atoms with E-state index in [1.807, 2.05) is 24.3 Å². The van der Waals surface area contributed by atoms with Gasteiger partial charge in [-0.2, -0.15) is 0 Å². The van der Waals surface area contributed by atoms with Crippen LogP contribution in [0.4, 0.5) is 5.69 Å². The summed E-state index contributed by atoms with van der Waals surface area (Å²) >= 11 is 1.71. The first-order valence-electron chi connectivity index (χ1n) is 7.70. The minimum absolute atomic E-state index is 0.167. The van der Waals surface area contributed by atoms with Gasteiger partial charge in [0.05, 0.1) is 5.69 Å². The Labute approximate surface area is 130 Å². The maximum atomic E-state index is 6.15. The van der Waals surface area contributed by atoms with Gasteiger partial charge in [-0.1, -0.05) is 37.5 Å². The van der Waals surface area contributed by atoms with Crippen LogP contribution in [0.1, 0.15) is 44.0 Å². The Kier molecular flexibility index (Phi) is 4.27. The Balaban J connectivity index is 1.94. The second-order valence-electron chi connectivity index (χ2n) is 5.61. The van der Waals surface area contributed by atoms with Gasteiger partial charge in [0.15, 0.2) is 0 Å². The average Bonchev–Trinajstić information content (AvgIpc) is 2.99. The highest BCUT2D eigenvalue weighted by atomic mass is 32.1. The number of nitrogens with zero attached hydrogens (tertiary/aromatic N) is 1. The number of hydrogen-bond acceptors (Lipinski definition) is 4. The zero-order valence-corrected chi connectivity index (χ0v) is 13.3. The molecule has 1 heterocycles. The van der Waals surface area contributed by atoms with Gasteiger partial charge in [-0.3, -0.25) is 0 Å². The van der Waals surface area contributed by atoms with Crippen molar-refractivity contribution in [3.63, 3.8) is 0 Å². The SMILES string of the molecule is CCOC1(c2nc(-c3ccccc3N)cs2)CCCCC1. The lowest BCUT2D eigenvalue weighted by Gasteiger charge is -2.35. The number of para-hydroxylation sites is 1. The second kappa shape index (κ2) is 6.16. The third kappa shape index (κ3) is 2.83.